The minimum Gasteiger partial charge on any atom is -0.468 e. The molecule has 1 heterocycles. The molecule has 1 fully saturated rings. The molecule has 1 aliphatic rings. The lowest BCUT2D eigenvalue weighted by Gasteiger charge is -2.33. The third kappa shape index (κ3) is 3.72. The summed E-state index contributed by atoms with van der Waals surface area (Å²) in [5.41, 5.74) is 0. The average Bonchev–Trinajstić information content (AvgIpc) is 2.37. The molecule has 0 spiro atoms. The van der Waals surface area contributed by atoms with Crippen LogP contribution in [-0.2, 0) is 19.1 Å². The topological polar surface area (TPSA) is 66.9 Å². The molecule has 0 aromatic carbocycles. The molecule has 0 aromatic heterocycles. The first kappa shape index (κ1) is 14.5. The number of hydrogen-bond acceptors (Lipinski definition) is 4. The predicted molar refractivity (Wildman–Crippen MR) is 64.6 cm³/mol. The average molecular weight is 256 g/mol. The first-order valence-electron chi connectivity index (χ1n) is 6.03. The van der Waals surface area contributed by atoms with Gasteiger partial charge in [-0.05, 0) is 12.8 Å². The Balaban J connectivity index is 2.55. The molecule has 1 atom stereocenters. The molecule has 0 aromatic rings. The number of carbonyl (C=O) groups excluding carboxylic acids is 3. The van der Waals surface area contributed by atoms with Gasteiger partial charge in [0.05, 0.1) is 13.0 Å². The van der Waals surface area contributed by atoms with E-state index in [1.54, 1.807) is 11.9 Å². The molecule has 0 saturated carbocycles. The molecule has 18 heavy (non-hydrogen) atoms. The summed E-state index contributed by atoms with van der Waals surface area (Å²) in [5, 5.41) is 0. The summed E-state index contributed by atoms with van der Waals surface area (Å²) < 4.78 is 4.52. The van der Waals surface area contributed by atoms with Gasteiger partial charge >= 0.3 is 5.97 Å². The Morgan fingerprint density at radius 3 is 2.61 bits per heavy atom. The molecule has 0 bridgehead atoms. The van der Waals surface area contributed by atoms with Crippen molar-refractivity contribution in [3.8, 4) is 0 Å². The van der Waals surface area contributed by atoms with Crippen LogP contribution in [0.25, 0.3) is 0 Å². The van der Waals surface area contributed by atoms with Gasteiger partial charge in [0.15, 0.2) is 0 Å². The Bertz CT molecular complexity index is 343. The number of esters is 1. The normalized spacial score (nSPS) is 19.3. The SMILES string of the molecule is COC(=O)CN(C)C(=O)C1CCCN(C(C)=O)C1. The van der Waals surface area contributed by atoms with Gasteiger partial charge in [-0.15, -0.1) is 0 Å². The van der Waals surface area contributed by atoms with Gasteiger partial charge < -0.3 is 14.5 Å². The third-order valence-electron chi connectivity index (χ3n) is 3.19. The Morgan fingerprint density at radius 1 is 1.39 bits per heavy atom. The molecule has 102 valence electrons. The summed E-state index contributed by atoms with van der Waals surface area (Å²) in [4.78, 5) is 37.5. The lowest BCUT2D eigenvalue weighted by atomic mass is 9.96. The van der Waals surface area contributed by atoms with Crippen LogP contribution in [0.5, 0.6) is 0 Å². The molecule has 2 amide bonds. The number of methoxy groups -OCH3 is 1. The quantitative estimate of drug-likeness (QED) is 0.660. The lowest BCUT2D eigenvalue weighted by molar-refractivity contribution is -0.149. The van der Waals surface area contributed by atoms with E-state index in [1.165, 1.54) is 18.9 Å². The van der Waals surface area contributed by atoms with E-state index in [-0.39, 0.29) is 24.3 Å². The van der Waals surface area contributed by atoms with Gasteiger partial charge in [-0.1, -0.05) is 0 Å². The molecule has 1 aliphatic heterocycles. The lowest BCUT2D eigenvalue weighted by Crippen LogP contribution is -2.46. The fourth-order valence-corrected chi connectivity index (χ4v) is 2.11. The second-order valence-corrected chi connectivity index (χ2v) is 4.57. The van der Waals surface area contributed by atoms with Crippen LogP contribution in [0.15, 0.2) is 0 Å². The van der Waals surface area contributed by atoms with Crippen LogP contribution in [0.2, 0.25) is 0 Å². The van der Waals surface area contributed by atoms with E-state index in [4.69, 9.17) is 0 Å². The maximum Gasteiger partial charge on any atom is 0.325 e. The van der Waals surface area contributed by atoms with Crippen molar-refractivity contribution >= 4 is 17.8 Å². The van der Waals surface area contributed by atoms with E-state index in [2.05, 4.69) is 4.74 Å². The van der Waals surface area contributed by atoms with E-state index >= 15 is 0 Å². The number of nitrogens with zero attached hydrogens (tertiary/aromatic N) is 2. The zero-order valence-corrected chi connectivity index (χ0v) is 11.1. The molecule has 0 aliphatic carbocycles. The molecule has 1 rings (SSSR count). The zero-order valence-electron chi connectivity index (χ0n) is 11.1. The summed E-state index contributed by atoms with van der Waals surface area (Å²) in [5.74, 6) is -0.767. The fourth-order valence-electron chi connectivity index (χ4n) is 2.11. The van der Waals surface area contributed by atoms with Crippen molar-refractivity contribution in [3.05, 3.63) is 0 Å². The third-order valence-corrected chi connectivity index (χ3v) is 3.19. The molecule has 0 radical (unpaired) electrons. The van der Waals surface area contributed by atoms with Crippen molar-refractivity contribution in [2.24, 2.45) is 5.92 Å². The van der Waals surface area contributed by atoms with E-state index in [0.29, 0.717) is 13.1 Å². The first-order chi connectivity index (χ1) is 8.45. The van der Waals surface area contributed by atoms with Crippen LogP contribution in [0.1, 0.15) is 19.8 Å². The number of hydrogen-bond donors (Lipinski definition) is 0. The summed E-state index contributed by atoms with van der Waals surface area (Å²) in [7, 11) is 2.87. The zero-order chi connectivity index (χ0) is 13.7. The van der Waals surface area contributed by atoms with Gasteiger partial charge in [-0.25, -0.2) is 0 Å². The van der Waals surface area contributed by atoms with Crippen molar-refractivity contribution in [1.82, 2.24) is 9.80 Å². The smallest absolute Gasteiger partial charge is 0.325 e. The van der Waals surface area contributed by atoms with Crippen LogP contribution in [0.3, 0.4) is 0 Å². The van der Waals surface area contributed by atoms with Crippen LogP contribution in [0, 0.1) is 5.92 Å². The molecular formula is C12H20N2O4. The molecule has 0 N–H and O–H groups in total. The Kier molecular flexibility index (Phi) is 5.12. The fraction of sp³-hybridized carbons (Fsp3) is 0.750. The van der Waals surface area contributed by atoms with Crippen LogP contribution in [-0.4, -0.2) is 61.4 Å². The van der Waals surface area contributed by atoms with Crippen molar-refractivity contribution in [2.45, 2.75) is 19.8 Å². The van der Waals surface area contributed by atoms with Crippen molar-refractivity contribution in [2.75, 3.05) is 33.8 Å². The maximum absolute atomic E-state index is 12.1. The number of carbonyl (C=O) groups is 3. The highest BCUT2D eigenvalue weighted by Crippen LogP contribution is 2.18. The predicted octanol–water partition coefficient (Wildman–Crippen LogP) is -0.124. The molecular weight excluding hydrogens is 236 g/mol. The highest BCUT2D eigenvalue weighted by Gasteiger charge is 2.29. The molecule has 6 heteroatoms. The van der Waals surface area contributed by atoms with Gasteiger partial charge in [-0.3, -0.25) is 14.4 Å². The summed E-state index contributed by atoms with van der Waals surface area (Å²) in [6, 6.07) is 0. The van der Waals surface area contributed by atoms with Gasteiger partial charge in [0.2, 0.25) is 11.8 Å². The number of amides is 2. The Hall–Kier alpha value is -1.59. The number of likely N-dealkylation sites (tertiary alicyclic amines) is 1. The Morgan fingerprint density at radius 2 is 2.06 bits per heavy atom. The standard InChI is InChI=1S/C12H20N2O4/c1-9(15)14-6-4-5-10(7-14)12(17)13(2)8-11(16)18-3/h10H,4-8H2,1-3H3. The summed E-state index contributed by atoms with van der Waals surface area (Å²) >= 11 is 0. The Labute approximate surface area is 107 Å². The first-order valence-corrected chi connectivity index (χ1v) is 6.03. The van der Waals surface area contributed by atoms with Gasteiger partial charge in [0.1, 0.15) is 6.54 Å². The van der Waals surface area contributed by atoms with Gasteiger partial charge in [0.25, 0.3) is 0 Å². The highest BCUT2D eigenvalue weighted by atomic mass is 16.5. The largest absolute Gasteiger partial charge is 0.468 e. The van der Waals surface area contributed by atoms with E-state index in [9.17, 15) is 14.4 Å². The van der Waals surface area contributed by atoms with E-state index in [1.807, 2.05) is 0 Å². The van der Waals surface area contributed by atoms with Crippen molar-refractivity contribution < 1.29 is 19.1 Å². The second-order valence-electron chi connectivity index (χ2n) is 4.57. The minimum absolute atomic E-state index is 0.0110. The summed E-state index contributed by atoms with van der Waals surface area (Å²) in [6.45, 7) is 2.61. The molecule has 6 nitrogen and oxygen atoms in total. The van der Waals surface area contributed by atoms with Crippen molar-refractivity contribution in [3.63, 3.8) is 0 Å². The van der Waals surface area contributed by atoms with Crippen molar-refractivity contribution in [1.29, 1.82) is 0 Å². The van der Waals surface area contributed by atoms with Crippen LogP contribution < -0.4 is 0 Å². The number of piperidine rings is 1. The van der Waals surface area contributed by atoms with Gasteiger partial charge in [-0.2, -0.15) is 0 Å². The maximum atomic E-state index is 12.1. The number of ether oxygens (including phenoxy) is 1. The van der Waals surface area contributed by atoms with Gasteiger partial charge in [0, 0.05) is 27.1 Å². The number of rotatable bonds is 3. The van der Waals surface area contributed by atoms with Crippen LogP contribution in [0.4, 0.5) is 0 Å². The monoisotopic (exact) mass is 256 g/mol. The number of likely N-dealkylation sites (N-methyl/N-ethyl adjacent to an activating group) is 1. The van der Waals surface area contributed by atoms with E-state index in [0.717, 1.165) is 12.8 Å². The van der Waals surface area contributed by atoms with E-state index < -0.39 is 5.97 Å². The van der Waals surface area contributed by atoms with Crippen LogP contribution >= 0.6 is 0 Å². The second kappa shape index (κ2) is 6.37. The highest BCUT2D eigenvalue weighted by molar-refractivity contribution is 5.84. The minimum atomic E-state index is -0.440. The summed E-state index contributed by atoms with van der Waals surface area (Å²) in [6.07, 6.45) is 1.58. The molecule has 1 unspecified atom stereocenters. The molecule has 1 saturated heterocycles.